The van der Waals surface area contributed by atoms with Crippen molar-refractivity contribution in [3.05, 3.63) is 0 Å². The van der Waals surface area contributed by atoms with Crippen LogP contribution in [0.25, 0.3) is 0 Å². The lowest BCUT2D eigenvalue weighted by Crippen LogP contribution is -2.30. The second kappa shape index (κ2) is 70.4. The van der Waals surface area contributed by atoms with Crippen molar-refractivity contribution in [2.24, 2.45) is 17.8 Å². The van der Waals surface area contributed by atoms with Crippen LogP contribution in [0, 0.1) is 17.8 Å². The number of aliphatic hydroxyl groups is 1. The van der Waals surface area contributed by atoms with Gasteiger partial charge in [0.1, 0.15) is 19.3 Å². The molecule has 0 saturated carbocycles. The Morgan fingerprint density at radius 1 is 0.293 bits per heavy atom. The summed E-state index contributed by atoms with van der Waals surface area (Å²) in [6.07, 6.45) is 58.0. The van der Waals surface area contributed by atoms with Crippen LogP contribution in [0.15, 0.2) is 0 Å². The Hall–Kier alpha value is -1.94. The molecule has 19 heteroatoms. The molecular formula is C80H156O17P2. The van der Waals surface area contributed by atoms with Gasteiger partial charge in [-0.1, -0.05) is 363 Å². The summed E-state index contributed by atoms with van der Waals surface area (Å²) < 4.78 is 68.7. The van der Waals surface area contributed by atoms with Gasteiger partial charge in [-0.15, -0.1) is 0 Å². The molecule has 0 aliphatic rings. The average Bonchev–Trinajstić information content (AvgIpc) is 1.01. The zero-order valence-electron chi connectivity index (χ0n) is 65.0. The number of ether oxygens (including phenoxy) is 4. The molecule has 3 N–H and O–H groups in total. The third-order valence-electron chi connectivity index (χ3n) is 19.0. The van der Waals surface area contributed by atoms with Crippen molar-refractivity contribution in [2.45, 2.75) is 433 Å². The molecule has 0 spiro atoms. The normalized spacial score (nSPS) is 14.3. The number of hydrogen-bond acceptors (Lipinski definition) is 15. The van der Waals surface area contributed by atoms with E-state index in [1.807, 2.05) is 0 Å². The van der Waals surface area contributed by atoms with Gasteiger partial charge in [-0.25, -0.2) is 9.13 Å². The molecule has 6 atom stereocenters. The molecule has 0 saturated heterocycles. The largest absolute Gasteiger partial charge is 0.472 e. The van der Waals surface area contributed by atoms with Gasteiger partial charge >= 0.3 is 39.5 Å². The summed E-state index contributed by atoms with van der Waals surface area (Å²) in [6, 6.07) is 0. The van der Waals surface area contributed by atoms with Gasteiger partial charge < -0.3 is 33.8 Å². The minimum absolute atomic E-state index is 0.107. The molecule has 588 valence electrons. The molecule has 0 aromatic carbocycles. The van der Waals surface area contributed by atoms with Crippen LogP contribution in [-0.2, 0) is 65.4 Å². The van der Waals surface area contributed by atoms with Gasteiger partial charge in [-0.2, -0.15) is 0 Å². The molecule has 0 aromatic rings. The van der Waals surface area contributed by atoms with Crippen LogP contribution >= 0.6 is 15.6 Å². The molecule has 0 aromatic heterocycles. The highest BCUT2D eigenvalue weighted by atomic mass is 31.2. The molecule has 0 aliphatic carbocycles. The number of phosphoric acid groups is 2. The van der Waals surface area contributed by atoms with Crippen molar-refractivity contribution >= 4 is 39.5 Å². The summed E-state index contributed by atoms with van der Waals surface area (Å²) in [5, 5.41) is 10.6. The Kier molecular flexibility index (Phi) is 69.0. The molecule has 3 unspecified atom stereocenters. The number of unbranched alkanes of at least 4 members (excludes halogenated alkanes) is 45. The number of carbonyl (C=O) groups is 4. The van der Waals surface area contributed by atoms with Crippen LogP contribution in [-0.4, -0.2) is 96.7 Å². The lowest BCUT2D eigenvalue weighted by molar-refractivity contribution is -0.161. The lowest BCUT2D eigenvalue weighted by Gasteiger charge is -2.21. The summed E-state index contributed by atoms with van der Waals surface area (Å²) in [7, 11) is -9.92. The summed E-state index contributed by atoms with van der Waals surface area (Å²) >= 11 is 0. The molecule has 0 radical (unpaired) electrons. The topological polar surface area (TPSA) is 237 Å². The van der Waals surface area contributed by atoms with Gasteiger partial charge in [0.05, 0.1) is 26.4 Å². The van der Waals surface area contributed by atoms with E-state index in [-0.39, 0.29) is 25.7 Å². The highest BCUT2D eigenvalue weighted by Gasteiger charge is 2.30. The van der Waals surface area contributed by atoms with Crippen LogP contribution in [0.1, 0.15) is 414 Å². The quantitative estimate of drug-likeness (QED) is 0.0222. The van der Waals surface area contributed by atoms with Gasteiger partial charge in [0.2, 0.25) is 0 Å². The van der Waals surface area contributed by atoms with Crippen molar-refractivity contribution in [1.29, 1.82) is 0 Å². The van der Waals surface area contributed by atoms with Crippen LogP contribution < -0.4 is 0 Å². The van der Waals surface area contributed by atoms with Crippen molar-refractivity contribution in [1.82, 2.24) is 0 Å². The molecule has 0 rings (SSSR count). The third-order valence-corrected chi connectivity index (χ3v) is 20.9. The Morgan fingerprint density at radius 3 is 0.768 bits per heavy atom. The molecule has 0 amide bonds. The van der Waals surface area contributed by atoms with Crippen molar-refractivity contribution in [3.63, 3.8) is 0 Å². The lowest BCUT2D eigenvalue weighted by atomic mass is 9.99. The molecule has 0 bridgehead atoms. The maximum absolute atomic E-state index is 13.1. The number of rotatable bonds is 78. The Labute approximate surface area is 607 Å². The van der Waals surface area contributed by atoms with Crippen LogP contribution in [0.3, 0.4) is 0 Å². The number of carbonyl (C=O) groups excluding carboxylic acids is 4. The maximum atomic E-state index is 13.1. The Morgan fingerprint density at radius 2 is 0.515 bits per heavy atom. The number of hydrogen-bond donors (Lipinski definition) is 3. The first-order valence-corrected chi connectivity index (χ1v) is 44.4. The highest BCUT2D eigenvalue weighted by Crippen LogP contribution is 2.45. The zero-order valence-corrected chi connectivity index (χ0v) is 66.8. The van der Waals surface area contributed by atoms with E-state index in [2.05, 4.69) is 48.5 Å². The SMILES string of the molecule is CCCCCCCCCCCCCCCC(=O)OC[C@H](COP(=O)(O)OC[C@H](O)COP(=O)(O)OC[C@@H](COC(=O)CCCCCCCCCCCCCC(C)C)OC(=O)CCCCCCCCCCCCCCCCC(C)CC)OC(=O)CCCCCCCCCCCCCC(C)C. The molecule has 99 heavy (non-hydrogen) atoms. The van der Waals surface area contributed by atoms with E-state index in [0.29, 0.717) is 25.7 Å². The predicted molar refractivity (Wildman–Crippen MR) is 405 cm³/mol. The molecule has 17 nitrogen and oxygen atoms in total. The standard InChI is InChI=1S/C80H156O17P2/c1-8-10-11-12-13-14-15-18-26-33-40-47-54-61-77(82)90-67-76(97-80(85)64-57-50-43-36-29-22-24-31-38-45-52-59-72(5)6)70-95-99(88,89)93-66-74(81)65-92-98(86,87)94-69-75(68-91-78(83)62-55-48-41-34-28-21-23-30-37-44-51-58-71(3)4)96-79(84)63-56-49-42-35-27-20-17-16-19-25-32-39-46-53-60-73(7)9-2/h71-76,81H,8-70H2,1-7H3,(H,86,87)(H,88,89)/t73?,74-,75-,76-/m1/s1. The fraction of sp³-hybridized carbons (Fsp3) is 0.950. The monoisotopic (exact) mass is 1450 g/mol. The van der Waals surface area contributed by atoms with Crippen molar-refractivity contribution < 1.29 is 80.2 Å². The second-order valence-corrected chi connectivity index (χ2v) is 32.9. The average molecular weight is 1450 g/mol. The number of aliphatic hydroxyl groups excluding tert-OH is 1. The second-order valence-electron chi connectivity index (χ2n) is 30.0. The third kappa shape index (κ3) is 72.8. The predicted octanol–water partition coefficient (Wildman–Crippen LogP) is 23.7. The summed E-state index contributed by atoms with van der Waals surface area (Å²) in [5.74, 6) is 0.272. The van der Waals surface area contributed by atoms with Gasteiger partial charge in [0, 0.05) is 25.7 Å². The van der Waals surface area contributed by atoms with Gasteiger partial charge in [0.25, 0.3) is 0 Å². The van der Waals surface area contributed by atoms with E-state index in [1.54, 1.807) is 0 Å². The van der Waals surface area contributed by atoms with E-state index >= 15 is 0 Å². The van der Waals surface area contributed by atoms with E-state index in [4.69, 9.17) is 37.0 Å². The first-order valence-electron chi connectivity index (χ1n) is 41.4. The molecular weight excluding hydrogens is 1290 g/mol. The van der Waals surface area contributed by atoms with E-state index in [1.165, 1.54) is 225 Å². The van der Waals surface area contributed by atoms with Crippen LogP contribution in [0.4, 0.5) is 0 Å². The Bertz CT molecular complexity index is 1920. The van der Waals surface area contributed by atoms with Gasteiger partial charge in [-0.3, -0.25) is 37.3 Å². The van der Waals surface area contributed by atoms with E-state index < -0.39 is 97.5 Å². The smallest absolute Gasteiger partial charge is 0.462 e. The van der Waals surface area contributed by atoms with Gasteiger partial charge in [-0.05, 0) is 43.4 Å². The molecule has 0 heterocycles. The highest BCUT2D eigenvalue weighted by molar-refractivity contribution is 7.47. The molecule has 0 fully saturated rings. The van der Waals surface area contributed by atoms with Crippen molar-refractivity contribution in [3.8, 4) is 0 Å². The van der Waals surface area contributed by atoms with Crippen LogP contribution in [0.5, 0.6) is 0 Å². The Balaban J connectivity index is 5.27. The van der Waals surface area contributed by atoms with Crippen molar-refractivity contribution in [2.75, 3.05) is 39.6 Å². The summed E-state index contributed by atoms with van der Waals surface area (Å²) in [5.41, 5.74) is 0. The summed E-state index contributed by atoms with van der Waals surface area (Å²) in [6.45, 7) is 12.0. The minimum Gasteiger partial charge on any atom is -0.462 e. The number of esters is 4. The zero-order chi connectivity index (χ0) is 73.0. The first kappa shape index (κ1) is 97.1. The van der Waals surface area contributed by atoms with Gasteiger partial charge in [0.15, 0.2) is 12.2 Å². The maximum Gasteiger partial charge on any atom is 0.472 e. The van der Waals surface area contributed by atoms with E-state index in [9.17, 15) is 43.2 Å². The fourth-order valence-corrected chi connectivity index (χ4v) is 13.9. The van der Waals surface area contributed by atoms with E-state index in [0.717, 1.165) is 108 Å². The number of phosphoric ester groups is 2. The van der Waals surface area contributed by atoms with Crippen LogP contribution in [0.2, 0.25) is 0 Å². The first-order chi connectivity index (χ1) is 47.8. The summed E-state index contributed by atoms with van der Waals surface area (Å²) in [4.78, 5) is 73.0. The molecule has 0 aliphatic heterocycles. The fourth-order valence-electron chi connectivity index (χ4n) is 12.3. The minimum atomic E-state index is -4.96.